The average molecular weight is 966 g/mol. The molecule has 6 bridgehead atoms. The van der Waals surface area contributed by atoms with Crippen molar-refractivity contribution in [3.63, 3.8) is 0 Å². The van der Waals surface area contributed by atoms with E-state index in [2.05, 4.69) is 18.5 Å². The number of aryl methyl sites for hydroxylation is 1. The molecule has 0 unspecified atom stereocenters. The average Bonchev–Trinajstić information content (AvgIpc) is 3.80. The number of carbonyl (C=O) groups is 2. The standard InChI is InChI=1S/C42H45F3IN12O4/c1-22-49-33-13-24(44)11-29-32-5-4-6-37(51-32)50-25-14-35(41(59)53(2)18-28(61-3)19-54(22)38(29)33)56(16-25)40(30-15-48-58(39(30)47)34-10-7-23(43)12-31(34)45)52-46-57-27-17-55(26-8-9-26)42(60)36(57)21-62-20-27/h4-7,10-13,15,25-28,35-36H,8-9,14,16-21,47H2,1-3H3,(H,50,51)/q-1/b52-40+/t25-,27+,28-,35-,36+/m0/s1. The van der Waals surface area contributed by atoms with E-state index in [1.165, 1.54) is 29.1 Å². The van der Waals surface area contributed by atoms with Crippen molar-refractivity contribution in [2.45, 2.75) is 69.0 Å². The van der Waals surface area contributed by atoms with Crippen LogP contribution in [0.25, 0.3) is 28.0 Å². The third-order valence-electron chi connectivity index (χ3n) is 12.4. The Morgan fingerprint density at radius 3 is 2.60 bits per heavy atom. The molecule has 5 aliphatic rings. The predicted octanol–water partition coefficient (Wildman–Crippen LogP) is 0.374. The van der Waals surface area contributed by atoms with Crippen molar-refractivity contribution >= 4 is 40.3 Å². The maximum atomic E-state index is 15.2. The van der Waals surface area contributed by atoms with E-state index in [1.54, 1.807) is 19.1 Å². The molecule has 62 heavy (non-hydrogen) atoms. The topological polar surface area (TPSA) is 164 Å². The first-order valence-corrected chi connectivity index (χ1v) is 22.5. The van der Waals surface area contributed by atoms with E-state index in [-0.39, 0.29) is 61.1 Å². The van der Waals surface area contributed by atoms with Crippen LogP contribution in [0, 0.1) is 24.4 Å². The normalized spacial score (nSPS) is 24.8. The van der Waals surface area contributed by atoms with E-state index in [0.29, 0.717) is 71.4 Å². The SMILES string of the molecule is CO[C@H]1CN(C)C(=O)[C@@H]2C[C@@H](CN2/C(=N/[I-]N2[C@H]3COC[C@@H]2C(=O)N(C2CC2)C3)c2cnn(-c3ccc(F)cc3F)c2N)Nc2cccc(n2)-c2cc(F)cc3nc(C)n(c23)C1. The number of amides is 2. The molecule has 7 heterocycles. The number of nitrogen functional groups attached to an aromatic ring is 1. The molecule has 4 fully saturated rings. The molecule has 326 valence electrons. The van der Waals surface area contributed by atoms with Crippen LogP contribution in [0.5, 0.6) is 0 Å². The summed E-state index contributed by atoms with van der Waals surface area (Å²) in [4.78, 5) is 43.9. The van der Waals surface area contributed by atoms with Crippen LogP contribution in [-0.2, 0) is 25.6 Å². The van der Waals surface area contributed by atoms with Crippen molar-refractivity contribution in [3.05, 3.63) is 83.6 Å². The Kier molecular flexibility index (Phi) is 10.6. The zero-order valence-corrected chi connectivity index (χ0v) is 36.4. The van der Waals surface area contributed by atoms with Crippen molar-refractivity contribution in [3.8, 4) is 16.9 Å². The molecule has 0 spiro atoms. The number of nitrogens with zero attached hydrogens (tertiary/aromatic N) is 10. The minimum atomic E-state index is -1.29. The van der Waals surface area contributed by atoms with E-state index in [4.69, 9.17) is 23.4 Å². The second-order valence-electron chi connectivity index (χ2n) is 16.5. The molecule has 2 amide bonds. The zero-order valence-electron chi connectivity index (χ0n) is 34.2. The Labute approximate surface area is 365 Å². The Hall–Kier alpha value is -5.32. The number of nitrogens with one attached hydrogen (secondary N) is 1. The van der Waals surface area contributed by atoms with E-state index in [1.807, 2.05) is 39.5 Å². The van der Waals surface area contributed by atoms with Gasteiger partial charge in [0, 0.05) is 6.07 Å². The molecule has 16 nitrogen and oxygen atoms in total. The first-order valence-electron chi connectivity index (χ1n) is 20.6. The molecule has 1 aliphatic carbocycles. The van der Waals surface area contributed by atoms with Gasteiger partial charge in [0.2, 0.25) is 0 Å². The fourth-order valence-corrected chi connectivity index (χ4v) is 11.6. The van der Waals surface area contributed by atoms with Gasteiger partial charge < -0.3 is 0 Å². The van der Waals surface area contributed by atoms with Crippen LogP contribution in [0.2, 0.25) is 0 Å². The number of halogens is 4. The second kappa shape index (κ2) is 16.1. The van der Waals surface area contributed by atoms with Gasteiger partial charge in [0.25, 0.3) is 0 Å². The number of benzene rings is 2. The van der Waals surface area contributed by atoms with Crippen LogP contribution in [0.15, 0.2) is 57.9 Å². The molecule has 3 aromatic heterocycles. The monoisotopic (exact) mass is 965 g/mol. The third-order valence-corrected chi connectivity index (χ3v) is 15.0. The summed E-state index contributed by atoms with van der Waals surface area (Å²) in [6, 6.07) is 10.1. The molecular formula is C42H45F3IN12O4-. The van der Waals surface area contributed by atoms with Gasteiger partial charge in [-0.25, -0.2) is 4.39 Å². The van der Waals surface area contributed by atoms with E-state index in [9.17, 15) is 14.0 Å². The molecule has 10 rings (SSSR count). The van der Waals surface area contributed by atoms with Gasteiger partial charge in [0.1, 0.15) is 0 Å². The third kappa shape index (κ3) is 7.32. The first kappa shape index (κ1) is 40.7. The Balaban J connectivity index is 1.06. The number of carbonyl (C=O) groups excluding carboxylic acids is 2. The number of piperazine rings is 1. The second-order valence-corrected chi connectivity index (χ2v) is 18.6. The number of methoxy groups -OCH3 is 1. The fraction of sp³-hybridized carbons (Fsp3) is 0.429. The number of anilines is 2. The minimum absolute atomic E-state index is 0.0340. The van der Waals surface area contributed by atoms with Gasteiger partial charge in [0.05, 0.1) is 0 Å². The number of likely N-dealkylation sites (N-methyl/N-ethyl adjacent to an activating group) is 1. The van der Waals surface area contributed by atoms with Crippen LogP contribution in [0.1, 0.15) is 30.7 Å². The number of rotatable bonds is 6. The predicted molar refractivity (Wildman–Crippen MR) is 218 cm³/mol. The molecule has 1 saturated carbocycles. The van der Waals surface area contributed by atoms with E-state index < -0.39 is 57.4 Å². The van der Waals surface area contributed by atoms with Crippen molar-refractivity contribution in [1.29, 1.82) is 0 Å². The zero-order chi connectivity index (χ0) is 43.0. The Morgan fingerprint density at radius 2 is 1.81 bits per heavy atom. The van der Waals surface area contributed by atoms with Crippen molar-refractivity contribution in [2.75, 3.05) is 58.1 Å². The number of imidazole rings is 1. The number of nitrogens with two attached hydrogens (primary N) is 1. The van der Waals surface area contributed by atoms with Crippen LogP contribution in [-0.4, -0.2) is 143 Å². The fourth-order valence-electron chi connectivity index (χ4n) is 9.17. The summed E-state index contributed by atoms with van der Waals surface area (Å²) in [5.74, 6) is -0.645. The van der Waals surface area contributed by atoms with Crippen LogP contribution in [0.4, 0.5) is 24.8 Å². The number of likely N-dealkylation sites (tertiary alicyclic amines) is 1. The molecule has 5 aromatic rings. The van der Waals surface area contributed by atoms with Gasteiger partial charge in [-0.05, 0) is 0 Å². The molecule has 0 radical (unpaired) electrons. The van der Waals surface area contributed by atoms with Crippen molar-refractivity contribution < 1.29 is 54.0 Å². The molecule has 2 aromatic carbocycles. The number of hydrogen-bond acceptors (Lipinski definition) is 11. The van der Waals surface area contributed by atoms with Crippen LogP contribution >= 0.6 is 0 Å². The summed E-state index contributed by atoms with van der Waals surface area (Å²) in [5, 5.41) is 8.01. The molecule has 4 aliphatic heterocycles. The van der Waals surface area contributed by atoms with E-state index in [0.717, 1.165) is 25.0 Å². The Bertz CT molecular complexity index is 2620. The molecule has 20 heteroatoms. The summed E-state index contributed by atoms with van der Waals surface area (Å²) >= 11 is -1.29. The number of fused-ring (bicyclic) bond motifs is 7. The number of pyridine rings is 1. The van der Waals surface area contributed by atoms with Gasteiger partial charge in [-0.1, -0.05) is 0 Å². The summed E-state index contributed by atoms with van der Waals surface area (Å²) in [7, 11) is 3.32. The summed E-state index contributed by atoms with van der Waals surface area (Å²) in [6.45, 7) is 3.89. The van der Waals surface area contributed by atoms with Gasteiger partial charge >= 0.3 is 357 Å². The molecule has 5 atom stereocenters. The van der Waals surface area contributed by atoms with Gasteiger partial charge in [0.15, 0.2) is 0 Å². The number of ether oxygens (including phenoxy) is 2. The van der Waals surface area contributed by atoms with Gasteiger partial charge in [-0.3, -0.25) is 0 Å². The van der Waals surface area contributed by atoms with Crippen LogP contribution < -0.4 is 32.8 Å². The van der Waals surface area contributed by atoms with Crippen molar-refractivity contribution in [1.82, 2.24) is 42.1 Å². The number of hydrogen-bond donors (Lipinski definition) is 2. The number of aromatic nitrogens is 5. The number of amidine groups is 1. The summed E-state index contributed by atoms with van der Waals surface area (Å²) in [5.41, 5.74) is 9.43. The summed E-state index contributed by atoms with van der Waals surface area (Å²) in [6.07, 6.45) is 3.32. The van der Waals surface area contributed by atoms with E-state index >= 15 is 8.78 Å². The molecular weight excluding hydrogens is 920 g/mol. The first-order chi connectivity index (χ1) is 29.9. The molecule has 3 N–H and O–H groups in total. The molecule has 3 saturated heterocycles. The number of morpholine rings is 1. The quantitative estimate of drug-likeness (QED) is 0.105. The van der Waals surface area contributed by atoms with Gasteiger partial charge in [-0.15, -0.1) is 0 Å². The summed E-state index contributed by atoms with van der Waals surface area (Å²) < 4.78 is 67.0. The van der Waals surface area contributed by atoms with Crippen LogP contribution in [0.3, 0.4) is 0 Å². The van der Waals surface area contributed by atoms with Crippen molar-refractivity contribution in [2.24, 2.45) is 3.21 Å². The Morgan fingerprint density at radius 1 is 0.968 bits per heavy atom. The van der Waals surface area contributed by atoms with Gasteiger partial charge in [-0.2, -0.15) is 0 Å². The maximum absolute atomic E-state index is 15.2.